The van der Waals surface area contributed by atoms with Crippen molar-refractivity contribution in [3.05, 3.63) is 0 Å². The molecule has 0 aromatic rings. The monoisotopic (exact) mass is 177 g/mol. The van der Waals surface area contributed by atoms with Gasteiger partial charge in [-0.05, 0) is 44.4 Å². The first-order valence-corrected chi connectivity index (χ1v) is 5.20. The largest absolute Gasteiger partial charge is 0.363 e. The molecule has 0 amide bonds. The Bertz CT molecular complexity index is 211. The second kappa shape index (κ2) is 3.45. The van der Waals surface area contributed by atoms with Crippen molar-refractivity contribution in [3.8, 4) is 0 Å². The Kier molecular flexibility index (Phi) is 2.46. The van der Waals surface area contributed by atoms with Crippen molar-refractivity contribution < 1.29 is 4.79 Å². The lowest BCUT2D eigenvalue weighted by Gasteiger charge is -2.47. The van der Waals surface area contributed by atoms with Crippen molar-refractivity contribution in [3.63, 3.8) is 0 Å². The van der Waals surface area contributed by atoms with Crippen LogP contribution >= 0.6 is 0 Å². The molecule has 0 aromatic heterocycles. The van der Waals surface area contributed by atoms with E-state index in [9.17, 15) is 4.79 Å². The molecule has 0 aromatic carbocycles. The summed E-state index contributed by atoms with van der Waals surface area (Å²) in [5.41, 5.74) is 0. The van der Waals surface area contributed by atoms with Crippen molar-refractivity contribution in [2.45, 2.75) is 38.6 Å². The molecule has 2 bridgehead atoms. The third kappa shape index (κ3) is 1.43. The molecule has 0 heterocycles. The van der Waals surface area contributed by atoms with Crippen molar-refractivity contribution in [1.29, 1.82) is 0 Å². The maximum Gasteiger partial charge on any atom is 0.178 e. The van der Waals surface area contributed by atoms with Crippen LogP contribution in [0.1, 0.15) is 32.6 Å². The Labute approximate surface area is 80.9 Å². The van der Waals surface area contributed by atoms with E-state index in [4.69, 9.17) is 7.98 Å². The molecule has 3 rings (SSSR count). The van der Waals surface area contributed by atoms with Gasteiger partial charge in [0.05, 0.1) is 0 Å². The summed E-state index contributed by atoms with van der Waals surface area (Å²) in [7, 11) is 5.52. The molecule has 2 nitrogen and oxygen atoms in total. The second-order valence-corrected chi connectivity index (χ2v) is 4.50. The Morgan fingerprint density at radius 2 is 1.77 bits per heavy atom. The normalized spacial score (nSPS) is 43.5. The zero-order chi connectivity index (χ0) is 9.42. The summed E-state index contributed by atoms with van der Waals surface area (Å²) >= 11 is 0. The average Bonchev–Trinajstić information content (AvgIpc) is 2.17. The summed E-state index contributed by atoms with van der Waals surface area (Å²) in [6.07, 6.45) is 4.97. The van der Waals surface area contributed by atoms with E-state index in [1.807, 2.05) is 0 Å². The summed E-state index contributed by atoms with van der Waals surface area (Å²) in [4.78, 5) is 11.5. The average molecular weight is 177 g/mol. The van der Waals surface area contributed by atoms with Gasteiger partial charge in [0.25, 0.3) is 0 Å². The summed E-state index contributed by atoms with van der Waals surface area (Å²) in [5.74, 6) is 1.75. The highest BCUT2D eigenvalue weighted by Gasteiger charge is 2.44. The molecule has 3 saturated carbocycles. The fraction of sp³-hybridized carbons (Fsp3) is 0.900. The molecule has 2 radical (unpaired) electrons. The van der Waals surface area contributed by atoms with E-state index in [-0.39, 0.29) is 12.0 Å². The van der Waals surface area contributed by atoms with Gasteiger partial charge in [-0.2, -0.15) is 0 Å². The Hall–Kier alpha value is -0.305. The second-order valence-electron chi connectivity index (χ2n) is 4.50. The summed E-state index contributed by atoms with van der Waals surface area (Å²) < 4.78 is 0. The Balaban J connectivity index is 2.18. The van der Waals surface area contributed by atoms with E-state index in [1.165, 1.54) is 25.7 Å². The van der Waals surface area contributed by atoms with Crippen molar-refractivity contribution in [2.24, 2.45) is 17.8 Å². The lowest BCUT2D eigenvalue weighted by atomic mass is 9.60. The van der Waals surface area contributed by atoms with E-state index in [0.717, 1.165) is 0 Å². The quantitative estimate of drug-likeness (QED) is 0.638. The minimum atomic E-state index is 0.192. The molecule has 3 heteroatoms. The van der Waals surface area contributed by atoms with Gasteiger partial charge < -0.3 is 5.23 Å². The van der Waals surface area contributed by atoms with Crippen molar-refractivity contribution >= 4 is 13.8 Å². The number of hydrogen-bond donors (Lipinski definition) is 1. The first-order valence-electron chi connectivity index (χ1n) is 5.20. The van der Waals surface area contributed by atoms with E-state index >= 15 is 0 Å². The van der Waals surface area contributed by atoms with Gasteiger partial charge in [0.1, 0.15) is 5.78 Å². The van der Waals surface area contributed by atoms with Crippen LogP contribution in [0.5, 0.6) is 0 Å². The molecule has 70 valence electrons. The molecule has 0 aliphatic heterocycles. The van der Waals surface area contributed by atoms with Crippen LogP contribution < -0.4 is 5.23 Å². The van der Waals surface area contributed by atoms with Crippen LogP contribution in [0.15, 0.2) is 0 Å². The Morgan fingerprint density at radius 3 is 2.15 bits per heavy atom. The number of hydrogen-bond acceptors (Lipinski definition) is 2. The molecule has 0 unspecified atom stereocenters. The Morgan fingerprint density at radius 1 is 1.23 bits per heavy atom. The zero-order valence-electron chi connectivity index (χ0n) is 8.12. The van der Waals surface area contributed by atoms with Gasteiger partial charge in [-0.1, -0.05) is 0 Å². The molecule has 3 fully saturated rings. The molecule has 2 atom stereocenters. The number of ketones is 1. The minimum Gasteiger partial charge on any atom is -0.363 e. The van der Waals surface area contributed by atoms with Gasteiger partial charge in [0.15, 0.2) is 7.98 Å². The van der Waals surface area contributed by atoms with Crippen LogP contribution in [0, 0.1) is 17.8 Å². The standard InChI is InChI=1S/C10H16BNO/c1-6(13)9-7-2-4-8(5-3-7)10(9)12-11/h7-10,12H,2-5H2,1H3/t7?,8?,9-,10+/m1/s1. The van der Waals surface area contributed by atoms with Gasteiger partial charge in [-0.15, -0.1) is 0 Å². The summed E-state index contributed by atoms with van der Waals surface area (Å²) in [6, 6.07) is 0.255. The molecule has 0 saturated heterocycles. The maximum atomic E-state index is 11.5. The van der Waals surface area contributed by atoms with Crippen molar-refractivity contribution in [1.82, 2.24) is 5.23 Å². The van der Waals surface area contributed by atoms with Crippen LogP contribution in [-0.4, -0.2) is 19.8 Å². The summed E-state index contributed by atoms with van der Waals surface area (Å²) in [6.45, 7) is 1.70. The molecule has 13 heavy (non-hydrogen) atoms. The first kappa shape index (κ1) is 9.26. The number of nitrogens with one attached hydrogen (secondary N) is 1. The van der Waals surface area contributed by atoms with Crippen molar-refractivity contribution in [2.75, 3.05) is 0 Å². The first-order chi connectivity index (χ1) is 6.24. The molecular weight excluding hydrogens is 161 g/mol. The third-order valence-corrected chi connectivity index (χ3v) is 3.88. The van der Waals surface area contributed by atoms with Crippen LogP contribution in [0.3, 0.4) is 0 Å². The number of carbonyl (C=O) groups excluding carboxylic acids is 1. The highest BCUT2D eigenvalue weighted by atomic mass is 16.1. The predicted molar refractivity (Wildman–Crippen MR) is 52.3 cm³/mol. The van der Waals surface area contributed by atoms with Gasteiger partial charge >= 0.3 is 0 Å². The molecule has 0 spiro atoms. The molecular formula is C10H16BNO. The smallest absolute Gasteiger partial charge is 0.178 e. The van der Waals surface area contributed by atoms with Crippen LogP contribution in [0.4, 0.5) is 0 Å². The molecule has 3 aliphatic carbocycles. The lowest BCUT2D eigenvalue weighted by molar-refractivity contribution is -0.127. The highest BCUT2D eigenvalue weighted by molar-refractivity contribution is 6.04. The van der Waals surface area contributed by atoms with E-state index in [0.29, 0.717) is 17.6 Å². The van der Waals surface area contributed by atoms with E-state index in [2.05, 4.69) is 5.23 Å². The SMILES string of the molecule is [B]N[C@H]1C2CCC(CC2)[C@H]1C(C)=O. The molecule has 3 aliphatic rings. The van der Waals surface area contributed by atoms with Crippen LogP contribution in [-0.2, 0) is 4.79 Å². The fourth-order valence-corrected chi connectivity index (χ4v) is 3.27. The van der Waals surface area contributed by atoms with Crippen LogP contribution in [0.25, 0.3) is 0 Å². The van der Waals surface area contributed by atoms with Gasteiger partial charge in [0, 0.05) is 12.0 Å². The fourth-order valence-electron chi connectivity index (χ4n) is 3.27. The molecule has 1 N–H and O–H groups in total. The van der Waals surface area contributed by atoms with Gasteiger partial charge in [-0.25, -0.2) is 0 Å². The van der Waals surface area contributed by atoms with Gasteiger partial charge in [-0.3, -0.25) is 4.79 Å². The van der Waals surface area contributed by atoms with E-state index < -0.39 is 0 Å². The van der Waals surface area contributed by atoms with Crippen LogP contribution in [0.2, 0.25) is 0 Å². The van der Waals surface area contributed by atoms with Gasteiger partial charge in [0.2, 0.25) is 0 Å². The number of carbonyl (C=O) groups is 1. The number of rotatable bonds is 2. The summed E-state index contributed by atoms with van der Waals surface area (Å²) in [5, 5.41) is 2.85. The number of Topliss-reactive ketones (excluding diaryl/α,β-unsaturated/α-hetero) is 1. The zero-order valence-corrected chi connectivity index (χ0v) is 8.12. The topological polar surface area (TPSA) is 29.1 Å². The minimum absolute atomic E-state index is 0.192. The number of fused-ring (bicyclic) bond motifs is 3. The van der Waals surface area contributed by atoms with E-state index in [1.54, 1.807) is 6.92 Å². The predicted octanol–water partition coefficient (Wildman–Crippen LogP) is 1.05. The lowest BCUT2D eigenvalue weighted by Crippen LogP contribution is -2.53. The maximum absolute atomic E-state index is 11.5. The third-order valence-electron chi connectivity index (χ3n) is 3.88. The highest BCUT2D eigenvalue weighted by Crippen LogP contribution is 2.45.